The Morgan fingerprint density at radius 2 is 1.69 bits per heavy atom. The molecule has 84 valence electrons. The summed E-state index contributed by atoms with van der Waals surface area (Å²) in [6.45, 7) is 0.296. The first-order valence-electron chi connectivity index (χ1n) is 4.79. The number of nitrogen functional groups attached to an aromatic ring is 2. The molecule has 6 heteroatoms. The molecule has 2 rings (SSSR count). The average molecular weight is 220 g/mol. The second-order valence-electron chi connectivity index (χ2n) is 3.64. The summed E-state index contributed by atoms with van der Waals surface area (Å²) in [5.41, 5.74) is 12.9. The van der Waals surface area contributed by atoms with E-state index in [0.717, 1.165) is 5.69 Å². The van der Waals surface area contributed by atoms with Crippen LogP contribution >= 0.6 is 0 Å². The number of rotatable bonds is 1. The summed E-state index contributed by atoms with van der Waals surface area (Å²) in [7, 11) is 0. The van der Waals surface area contributed by atoms with E-state index in [1.165, 1.54) is 0 Å². The maximum atomic E-state index is 11.2. The van der Waals surface area contributed by atoms with Crippen LogP contribution < -0.4 is 21.7 Å². The van der Waals surface area contributed by atoms with Crippen molar-refractivity contribution < 1.29 is 9.59 Å². The Balaban J connectivity index is 2.26. The van der Waals surface area contributed by atoms with E-state index in [2.05, 4.69) is 5.32 Å². The number of carbonyl (C=O) groups is 2. The zero-order valence-electron chi connectivity index (χ0n) is 8.56. The number of anilines is 3. The molecule has 0 radical (unpaired) electrons. The van der Waals surface area contributed by atoms with Gasteiger partial charge in [0, 0.05) is 5.69 Å². The molecular weight excluding hydrogens is 208 g/mol. The van der Waals surface area contributed by atoms with Crippen molar-refractivity contribution in [3.05, 3.63) is 18.2 Å². The number of benzene rings is 1. The van der Waals surface area contributed by atoms with E-state index >= 15 is 0 Å². The number of nitrogens with one attached hydrogen (secondary N) is 1. The van der Waals surface area contributed by atoms with Crippen LogP contribution in [0.15, 0.2) is 18.2 Å². The van der Waals surface area contributed by atoms with Crippen LogP contribution in [0, 0.1) is 0 Å². The molecule has 0 aromatic heterocycles. The molecule has 5 N–H and O–H groups in total. The molecule has 1 aliphatic heterocycles. The Labute approximate surface area is 92.2 Å². The van der Waals surface area contributed by atoms with Crippen molar-refractivity contribution in [2.75, 3.05) is 29.5 Å². The van der Waals surface area contributed by atoms with Gasteiger partial charge in [-0.15, -0.1) is 0 Å². The fraction of sp³-hybridized carbons (Fsp3) is 0.200. The van der Waals surface area contributed by atoms with Crippen molar-refractivity contribution >= 4 is 28.9 Å². The Morgan fingerprint density at radius 3 is 2.25 bits per heavy atom. The van der Waals surface area contributed by atoms with Crippen LogP contribution in [-0.4, -0.2) is 24.9 Å². The lowest BCUT2D eigenvalue weighted by Gasteiger charge is -2.27. The highest BCUT2D eigenvalue weighted by Gasteiger charge is 2.22. The van der Waals surface area contributed by atoms with Crippen molar-refractivity contribution in [1.82, 2.24) is 5.32 Å². The van der Waals surface area contributed by atoms with Gasteiger partial charge < -0.3 is 16.4 Å². The minimum atomic E-state index is -0.313. The smallest absolute Gasteiger partial charge is 0.246 e. The molecule has 1 aliphatic rings. The van der Waals surface area contributed by atoms with Gasteiger partial charge in [-0.25, -0.2) is 0 Å². The third kappa shape index (κ3) is 1.90. The third-order valence-corrected chi connectivity index (χ3v) is 2.38. The second-order valence-corrected chi connectivity index (χ2v) is 3.64. The van der Waals surface area contributed by atoms with Crippen molar-refractivity contribution in [3.8, 4) is 0 Å². The Morgan fingerprint density at radius 1 is 1.06 bits per heavy atom. The molecule has 2 amide bonds. The largest absolute Gasteiger partial charge is 0.397 e. The molecule has 16 heavy (non-hydrogen) atoms. The fourth-order valence-electron chi connectivity index (χ4n) is 1.58. The van der Waals surface area contributed by atoms with Gasteiger partial charge in [0.05, 0.1) is 24.5 Å². The zero-order valence-corrected chi connectivity index (χ0v) is 8.56. The summed E-state index contributed by atoms with van der Waals surface area (Å²) in [4.78, 5) is 24.0. The Kier molecular flexibility index (Phi) is 2.40. The molecule has 0 aliphatic carbocycles. The molecule has 1 heterocycles. The van der Waals surface area contributed by atoms with E-state index in [4.69, 9.17) is 11.5 Å². The molecule has 1 aromatic carbocycles. The summed E-state index contributed by atoms with van der Waals surface area (Å²) in [5.74, 6) is -0.627. The van der Waals surface area contributed by atoms with Gasteiger partial charge in [-0.2, -0.15) is 0 Å². The number of hydrogen-bond acceptors (Lipinski definition) is 5. The van der Waals surface area contributed by atoms with Gasteiger partial charge in [0.15, 0.2) is 0 Å². The lowest BCUT2D eigenvalue weighted by Crippen LogP contribution is -2.51. The van der Waals surface area contributed by atoms with Gasteiger partial charge in [0.1, 0.15) is 0 Å². The SMILES string of the molecule is Nc1ccc(N2CC(=O)NC(=O)C2)cc1N. The monoisotopic (exact) mass is 220 g/mol. The predicted molar refractivity (Wildman–Crippen MR) is 60.6 cm³/mol. The average Bonchev–Trinajstić information content (AvgIpc) is 2.20. The van der Waals surface area contributed by atoms with Gasteiger partial charge in [-0.05, 0) is 18.2 Å². The first-order chi connectivity index (χ1) is 7.56. The normalized spacial score (nSPS) is 16.1. The summed E-state index contributed by atoms with van der Waals surface area (Å²) >= 11 is 0. The van der Waals surface area contributed by atoms with Gasteiger partial charge in [-0.3, -0.25) is 14.9 Å². The van der Waals surface area contributed by atoms with Crippen LogP contribution in [0.5, 0.6) is 0 Å². The molecule has 0 bridgehead atoms. The minimum Gasteiger partial charge on any atom is -0.397 e. The minimum absolute atomic E-state index is 0.148. The Hall–Kier alpha value is -2.24. The molecule has 0 spiro atoms. The highest BCUT2D eigenvalue weighted by Crippen LogP contribution is 2.23. The van der Waals surface area contributed by atoms with E-state index in [1.807, 2.05) is 0 Å². The lowest BCUT2D eigenvalue weighted by atomic mass is 10.2. The quantitative estimate of drug-likeness (QED) is 0.429. The molecule has 6 nitrogen and oxygen atoms in total. The number of nitrogens with zero attached hydrogens (tertiary/aromatic N) is 1. The van der Waals surface area contributed by atoms with Crippen LogP contribution in [0.25, 0.3) is 0 Å². The van der Waals surface area contributed by atoms with E-state index in [-0.39, 0.29) is 24.9 Å². The number of piperazine rings is 1. The van der Waals surface area contributed by atoms with Gasteiger partial charge in [0.25, 0.3) is 0 Å². The molecule has 0 unspecified atom stereocenters. The van der Waals surface area contributed by atoms with Crippen molar-refractivity contribution in [1.29, 1.82) is 0 Å². The number of nitrogens with two attached hydrogens (primary N) is 2. The molecular formula is C10H12N4O2. The van der Waals surface area contributed by atoms with Crippen molar-refractivity contribution in [3.63, 3.8) is 0 Å². The summed E-state index contributed by atoms with van der Waals surface area (Å²) in [6.07, 6.45) is 0. The maximum absolute atomic E-state index is 11.2. The van der Waals surface area contributed by atoms with Gasteiger partial charge in [-0.1, -0.05) is 0 Å². The predicted octanol–water partition coefficient (Wildman–Crippen LogP) is -0.686. The lowest BCUT2D eigenvalue weighted by molar-refractivity contribution is -0.130. The first kappa shape index (κ1) is 10.3. The van der Waals surface area contributed by atoms with E-state index < -0.39 is 0 Å². The Bertz CT molecular complexity index is 442. The standard InChI is InChI=1S/C10H12N4O2/c11-7-2-1-6(3-8(7)12)14-4-9(15)13-10(16)5-14/h1-3H,4-5,11-12H2,(H,13,15,16). The number of hydrogen-bond donors (Lipinski definition) is 3. The van der Waals surface area contributed by atoms with Crippen LogP contribution in [-0.2, 0) is 9.59 Å². The fourth-order valence-corrected chi connectivity index (χ4v) is 1.58. The van der Waals surface area contributed by atoms with Gasteiger partial charge in [0.2, 0.25) is 11.8 Å². The molecule has 1 saturated heterocycles. The molecule has 0 saturated carbocycles. The van der Waals surface area contributed by atoms with Crippen LogP contribution in [0.3, 0.4) is 0 Å². The van der Waals surface area contributed by atoms with E-state index in [1.54, 1.807) is 23.1 Å². The highest BCUT2D eigenvalue weighted by molar-refractivity contribution is 6.02. The second kappa shape index (κ2) is 3.73. The van der Waals surface area contributed by atoms with Crippen LogP contribution in [0.2, 0.25) is 0 Å². The van der Waals surface area contributed by atoms with Gasteiger partial charge >= 0.3 is 0 Å². The molecule has 0 atom stereocenters. The number of amides is 2. The van der Waals surface area contributed by atoms with Crippen LogP contribution in [0.1, 0.15) is 0 Å². The van der Waals surface area contributed by atoms with E-state index in [9.17, 15) is 9.59 Å². The summed E-state index contributed by atoms with van der Waals surface area (Å²) in [5, 5.41) is 2.23. The summed E-state index contributed by atoms with van der Waals surface area (Å²) < 4.78 is 0. The number of imide groups is 1. The summed E-state index contributed by atoms with van der Waals surface area (Å²) in [6, 6.07) is 5.04. The third-order valence-electron chi connectivity index (χ3n) is 2.38. The molecule has 1 aromatic rings. The van der Waals surface area contributed by atoms with Crippen LogP contribution in [0.4, 0.5) is 17.1 Å². The van der Waals surface area contributed by atoms with Crippen molar-refractivity contribution in [2.24, 2.45) is 0 Å². The van der Waals surface area contributed by atoms with Crippen molar-refractivity contribution in [2.45, 2.75) is 0 Å². The first-order valence-corrected chi connectivity index (χ1v) is 4.79. The molecule has 1 fully saturated rings. The number of carbonyl (C=O) groups excluding carboxylic acids is 2. The van der Waals surface area contributed by atoms with E-state index in [0.29, 0.717) is 11.4 Å². The maximum Gasteiger partial charge on any atom is 0.246 e. The highest BCUT2D eigenvalue weighted by atomic mass is 16.2. The topological polar surface area (TPSA) is 101 Å². The zero-order chi connectivity index (χ0) is 11.7.